The topological polar surface area (TPSA) is 20.7 Å². The van der Waals surface area contributed by atoms with E-state index >= 15 is 0 Å². The third kappa shape index (κ3) is 3.34. The van der Waals surface area contributed by atoms with Crippen LogP contribution in [-0.4, -0.2) is 9.55 Å². The summed E-state index contributed by atoms with van der Waals surface area (Å²) in [5, 5.41) is 7.59. The molecule has 9 aromatic rings. The lowest BCUT2D eigenvalue weighted by Gasteiger charge is -2.21. The number of hydrogen-bond acceptors (Lipinski definition) is 0. The molecular weight excluding hydrogens is 544 g/mol. The lowest BCUT2D eigenvalue weighted by atomic mass is 9.82. The fourth-order valence-electron chi connectivity index (χ4n) is 8.09. The van der Waals surface area contributed by atoms with Crippen LogP contribution < -0.4 is 0 Å². The summed E-state index contributed by atoms with van der Waals surface area (Å²) in [6, 6.07) is 51.6. The smallest absolute Gasteiger partial charge is 0.0547 e. The molecule has 10 rings (SSSR count). The first kappa shape index (κ1) is 24.8. The van der Waals surface area contributed by atoms with Gasteiger partial charge in [0, 0.05) is 43.7 Å². The van der Waals surface area contributed by atoms with Crippen LogP contribution in [0.5, 0.6) is 0 Å². The maximum Gasteiger partial charge on any atom is 0.0547 e. The molecule has 0 saturated carbocycles. The minimum atomic E-state index is -0.0263. The molecule has 0 aliphatic heterocycles. The highest BCUT2D eigenvalue weighted by Crippen LogP contribution is 2.50. The lowest BCUT2D eigenvalue weighted by Crippen LogP contribution is -2.14. The minimum absolute atomic E-state index is 0.0263. The quantitative estimate of drug-likeness (QED) is 0.212. The Balaban J connectivity index is 1.21. The third-order valence-electron chi connectivity index (χ3n) is 10.3. The molecule has 0 amide bonds. The first-order valence-electron chi connectivity index (χ1n) is 15.8. The monoisotopic (exact) mass is 574 g/mol. The molecule has 0 bridgehead atoms. The molecule has 212 valence electrons. The number of rotatable bonds is 2. The standard InChI is InChI=1S/C43H30N2/c1-43(2)37-16-7-5-12-31(37)35-24-36-34-15-9-14-30(42(34)44-39(36)25-38(35)43)28-19-21-33-32-13-6-8-17-40(32)45(41(33)23-28)29-20-18-26-10-3-4-11-27(26)22-29/h3-25,44H,1-2H3. The summed E-state index contributed by atoms with van der Waals surface area (Å²) in [5.74, 6) is 0. The second-order valence-corrected chi connectivity index (χ2v) is 13.1. The summed E-state index contributed by atoms with van der Waals surface area (Å²) in [4.78, 5) is 3.87. The van der Waals surface area contributed by atoms with Gasteiger partial charge in [-0.15, -0.1) is 0 Å². The molecular formula is C43H30N2. The Hall–Kier alpha value is -5.60. The van der Waals surface area contributed by atoms with Crippen molar-refractivity contribution < 1.29 is 0 Å². The van der Waals surface area contributed by atoms with Gasteiger partial charge in [0.05, 0.1) is 16.6 Å². The van der Waals surface area contributed by atoms with Crippen LogP contribution in [0, 0.1) is 0 Å². The summed E-state index contributed by atoms with van der Waals surface area (Å²) < 4.78 is 2.43. The fourth-order valence-corrected chi connectivity index (χ4v) is 8.09. The van der Waals surface area contributed by atoms with E-state index in [0.717, 1.165) is 0 Å². The zero-order valence-corrected chi connectivity index (χ0v) is 25.2. The van der Waals surface area contributed by atoms with Crippen molar-refractivity contribution >= 4 is 54.4 Å². The van der Waals surface area contributed by atoms with Gasteiger partial charge in [-0.3, -0.25) is 0 Å². The van der Waals surface area contributed by atoms with Crippen LogP contribution in [0.15, 0.2) is 140 Å². The van der Waals surface area contributed by atoms with Gasteiger partial charge in [-0.2, -0.15) is 0 Å². The average Bonchev–Trinajstić information content (AvgIpc) is 3.69. The van der Waals surface area contributed by atoms with Gasteiger partial charge >= 0.3 is 0 Å². The zero-order chi connectivity index (χ0) is 29.9. The third-order valence-corrected chi connectivity index (χ3v) is 10.3. The highest BCUT2D eigenvalue weighted by Gasteiger charge is 2.35. The SMILES string of the molecule is CC1(C)c2ccccc2-c2cc3c(cc21)[nH]c1c(-c2ccc4c5ccccc5n(-c5ccc6ccccc6c5)c4c2)cccc13. The van der Waals surface area contributed by atoms with E-state index in [1.165, 1.54) is 93.5 Å². The molecule has 0 radical (unpaired) electrons. The van der Waals surface area contributed by atoms with E-state index < -0.39 is 0 Å². The van der Waals surface area contributed by atoms with E-state index in [-0.39, 0.29) is 5.41 Å². The van der Waals surface area contributed by atoms with Crippen molar-refractivity contribution in [1.82, 2.24) is 9.55 Å². The van der Waals surface area contributed by atoms with Crippen molar-refractivity contribution in [2.45, 2.75) is 19.3 Å². The summed E-state index contributed by atoms with van der Waals surface area (Å²) in [7, 11) is 0. The Kier molecular flexibility index (Phi) is 4.82. The Morgan fingerprint density at radius 2 is 1.24 bits per heavy atom. The zero-order valence-electron chi connectivity index (χ0n) is 25.2. The molecule has 1 aliphatic rings. The van der Waals surface area contributed by atoms with Crippen LogP contribution in [0.3, 0.4) is 0 Å². The van der Waals surface area contributed by atoms with Gasteiger partial charge in [0.15, 0.2) is 0 Å². The van der Waals surface area contributed by atoms with Crippen molar-refractivity contribution in [1.29, 1.82) is 0 Å². The summed E-state index contributed by atoms with van der Waals surface area (Å²) in [6.07, 6.45) is 0. The van der Waals surface area contributed by atoms with Crippen molar-refractivity contribution in [3.8, 4) is 27.9 Å². The highest BCUT2D eigenvalue weighted by atomic mass is 15.0. The molecule has 2 nitrogen and oxygen atoms in total. The van der Waals surface area contributed by atoms with E-state index in [2.05, 4.69) is 163 Å². The van der Waals surface area contributed by atoms with Crippen molar-refractivity contribution in [2.75, 3.05) is 0 Å². The molecule has 2 heterocycles. The summed E-state index contributed by atoms with van der Waals surface area (Å²) in [5.41, 5.74) is 13.9. The van der Waals surface area contributed by atoms with E-state index in [1.807, 2.05) is 0 Å². The normalized spacial score (nSPS) is 13.7. The number of nitrogens with one attached hydrogen (secondary N) is 1. The van der Waals surface area contributed by atoms with Crippen molar-refractivity contribution in [3.63, 3.8) is 0 Å². The molecule has 0 unspecified atom stereocenters. The first-order valence-corrected chi connectivity index (χ1v) is 15.8. The minimum Gasteiger partial charge on any atom is -0.354 e. The van der Waals surface area contributed by atoms with Gasteiger partial charge in [-0.1, -0.05) is 117 Å². The number of fused-ring (bicyclic) bond motifs is 10. The van der Waals surface area contributed by atoms with Crippen LogP contribution in [-0.2, 0) is 5.41 Å². The Morgan fingerprint density at radius 3 is 2.18 bits per heavy atom. The number of H-pyrrole nitrogens is 1. The average molecular weight is 575 g/mol. The van der Waals surface area contributed by atoms with E-state index in [4.69, 9.17) is 0 Å². The molecule has 0 spiro atoms. The fraction of sp³-hybridized carbons (Fsp3) is 0.0698. The molecule has 0 atom stereocenters. The number of aromatic amines is 1. The van der Waals surface area contributed by atoms with Crippen LogP contribution in [0.4, 0.5) is 0 Å². The van der Waals surface area contributed by atoms with Gasteiger partial charge in [-0.25, -0.2) is 0 Å². The van der Waals surface area contributed by atoms with E-state index in [0.29, 0.717) is 0 Å². The second-order valence-electron chi connectivity index (χ2n) is 13.1. The van der Waals surface area contributed by atoms with E-state index in [1.54, 1.807) is 0 Å². The highest BCUT2D eigenvalue weighted by molar-refractivity contribution is 6.15. The summed E-state index contributed by atoms with van der Waals surface area (Å²) in [6.45, 7) is 4.70. The maximum atomic E-state index is 3.87. The van der Waals surface area contributed by atoms with Crippen molar-refractivity contribution in [2.24, 2.45) is 0 Å². The molecule has 2 aromatic heterocycles. The molecule has 45 heavy (non-hydrogen) atoms. The molecule has 0 saturated heterocycles. The van der Waals surface area contributed by atoms with Crippen LogP contribution >= 0.6 is 0 Å². The predicted octanol–water partition coefficient (Wildman–Crippen LogP) is 11.5. The number of para-hydroxylation sites is 2. The molecule has 1 N–H and O–H groups in total. The Labute approximate surface area is 261 Å². The number of hydrogen-bond donors (Lipinski definition) is 1. The predicted molar refractivity (Wildman–Crippen MR) is 191 cm³/mol. The molecule has 7 aromatic carbocycles. The Bertz CT molecular complexity index is 2680. The molecule has 0 fully saturated rings. The van der Waals surface area contributed by atoms with Gasteiger partial charge < -0.3 is 9.55 Å². The first-order chi connectivity index (χ1) is 22.1. The van der Waals surface area contributed by atoms with Crippen LogP contribution in [0.25, 0.3) is 82.3 Å². The molecule has 2 heteroatoms. The number of nitrogens with zero attached hydrogens (tertiary/aromatic N) is 1. The van der Waals surface area contributed by atoms with Crippen LogP contribution in [0.1, 0.15) is 25.0 Å². The number of aromatic nitrogens is 2. The largest absolute Gasteiger partial charge is 0.354 e. The van der Waals surface area contributed by atoms with Crippen LogP contribution in [0.2, 0.25) is 0 Å². The number of benzene rings is 7. The van der Waals surface area contributed by atoms with Gasteiger partial charge in [0.1, 0.15) is 0 Å². The summed E-state index contributed by atoms with van der Waals surface area (Å²) >= 11 is 0. The lowest BCUT2D eigenvalue weighted by molar-refractivity contribution is 0.661. The van der Waals surface area contributed by atoms with E-state index in [9.17, 15) is 0 Å². The maximum absolute atomic E-state index is 3.87. The Morgan fingerprint density at radius 1 is 0.489 bits per heavy atom. The van der Waals surface area contributed by atoms with Crippen molar-refractivity contribution in [3.05, 3.63) is 151 Å². The second kappa shape index (κ2) is 8.74. The van der Waals surface area contributed by atoms with Gasteiger partial charge in [0.2, 0.25) is 0 Å². The van der Waals surface area contributed by atoms with Gasteiger partial charge in [0.25, 0.3) is 0 Å². The van der Waals surface area contributed by atoms with Gasteiger partial charge in [-0.05, 0) is 75.0 Å². The molecule has 1 aliphatic carbocycles.